The van der Waals surface area contributed by atoms with E-state index in [2.05, 4.69) is 5.16 Å². The number of nitrogens with two attached hydrogens (primary N) is 1. The molecular formula is C11H12N2O. The molecule has 2 rings (SSSR count). The number of rotatable bonds is 2. The number of hydrogen-bond donors (Lipinski definition) is 1. The molecule has 14 heavy (non-hydrogen) atoms. The fourth-order valence-electron chi connectivity index (χ4n) is 1.34. The van der Waals surface area contributed by atoms with E-state index < -0.39 is 0 Å². The first kappa shape index (κ1) is 8.97. The summed E-state index contributed by atoms with van der Waals surface area (Å²) in [5.41, 5.74) is 8.77. The van der Waals surface area contributed by atoms with E-state index in [1.807, 2.05) is 37.3 Å². The number of aromatic nitrogens is 1. The zero-order valence-electron chi connectivity index (χ0n) is 7.97. The van der Waals surface area contributed by atoms with E-state index in [-0.39, 0.29) is 6.04 Å². The van der Waals surface area contributed by atoms with Gasteiger partial charge in [0.1, 0.15) is 12.0 Å². The molecule has 2 aromatic rings. The Hall–Kier alpha value is -1.61. The minimum absolute atomic E-state index is 0.0434. The summed E-state index contributed by atoms with van der Waals surface area (Å²) in [6.07, 6.45) is 1.56. The van der Waals surface area contributed by atoms with Crippen molar-refractivity contribution in [2.24, 2.45) is 5.73 Å². The molecule has 1 atom stereocenters. The maximum atomic E-state index is 5.79. The van der Waals surface area contributed by atoms with Crippen molar-refractivity contribution >= 4 is 0 Å². The van der Waals surface area contributed by atoms with Crippen molar-refractivity contribution in [3.63, 3.8) is 0 Å². The van der Waals surface area contributed by atoms with Gasteiger partial charge >= 0.3 is 0 Å². The van der Waals surface area contributed by atoms with Gasteiger partial charge in [0.05, 0.1) is 0 Å². The maximum absolute atomic E-state index is 5.79. The molecule has 0 aliphatic heterocycles. The first-order chi connectivity index (χ1) is 6.77. The van der Waals surface area contributed by atoms with Gasteiger partial charge in [0, 0.05) is 17.7 Å². The molecular weight excluding hydrogens is 176 g/mol. The fraction of sp³-hybridized carbons (Fsp3) is 0.182. The zero-order chi connectivity index (χ0) is 9.97. The van der Waals surface area contributed by atoms with E-state index in [0.29, 0.717) is 0 Å². The van der Waals surface area contributed by atoms with Crippen LogP contribution in [0.25, 0.3) is 11.3 Å². The van der Waals surface area contributed by atoms with Gasteiger partial charge in [-0.25, -0.2) is 0 Å². The highest BCUT2D eigenvalue weighted by Gasteiger charge is 2.03. The first-order valence-corrected chi connectivity index (χ1v) is 4.53. The molecule has 1 unspecified atom stereocenters. The first-order valence-electron chi connectivity index (χ1n) is 4.53. The maximum Gasteiger partial charge on any atom is 0.124 e. The molecule has 0 saturated heterocycles. The quantitative estimate of drug-likeness (QED) is 0.787. The van der Waals surface area contributed by atoms with E-state index in [1.54, 1.807) is 6.26 Å². The number of nitrogens with zero attached hydrogens (tertiary/aromatic N) is 1. The Morgan fingerprint density at radius 2 is 2.21 bits per heavy atom. The molecule has 0 aliphatic rings. The number of benzene rings is 1. The van der Waals surface area contributed by atoms with Crippen LogP contribution in [0.5, 0.6) is 0 Å². The fourth-order valence-corrected chi connectivity index (χ4v) is 1.34. The molecule has 72 valence electrons. The van der Waals surface area contributed by atoms with E-state index in [9.17, 15) is 0 Å². The summed E-state index contributed by atoms with van der Waals surface area (Å²) in [5, 5.41) is 3.87. The van der Waals surface area contributed by atoms with Crippen LogP contribution in [0.3, 0.4) is 0 Å². The highest BCUT2D eigenvalue weighted by atomic mass is 16.5. The van der Waals surface area contributed by atoms with E-state index in [0.717, 1.165) is 16.8 Å². The molecule has 0 fully saturated rings. The minimum atomic E-state index is 0.0434. The van der Waals surface area contributed by atoms with Crippen LogP contribution >= 0.6 is 0 Å². The van der Waals surface area contributed by atoms with Crippen LogP contribution in [0.2, 0.25) is 0 Å². The average Bonchev–Trinajstić information content (AvgIpc) is 2.71. The van der Waals surface area contributed by atoms with Crippen molar-refractivity contribution in [2.45, 2.75) is 13.0 Å². The summed E-state index contributed by atoms with van der Waals surface area (Å²) in [4.78, 5) is 0. The van der Waals surface area contributed by atoms with Gasteiger partial charge in [0.25, 0.3) is 0 Å². The van der Waals surface area contributed by atoms with Gasteiger partial charge in [-0.1, -0.05) is 23.4 Å². The molecule has 1 aromatic carbocycles. The van der Waals surface area contributed by atoms with Crippen LogP contribution < -0.4 is 5.73 Å². The Kier molecular flexibility index (Phi) is 2.33. The van der Waals surface area contributed by atoms with Crippen LogP contribution in [0.4, 0.5) is 0 Å². The molecule has 3 heteroatoms. The predicted molar refractivity (Wildman–Crippen MR) is 54.5 cm³/mol. The molecule has 1 heterocycles. The second-order valence-electron chi connectivity index (χ2n) is 3.30. The van der Waals surface area contributed by atoms with E-state index in [1.165, 1.54) is 0 Å². The monoisotopic (exact) mass is 188 g/mol. The second-order valence-corrected chi connectivity index (χ2v) is 3.30. The average molecular weight is 188 g/mol. The lowest BCUT2D eigenvalue weighted by Gasteiger charge is -2.06. The molecule has 0 bridgehead atoms. The summed E-state index contributed by atoms with van der Waals surface area (Å²) in [7, 11) is 0. The van der Waals surface area contributed by atoms with Gasteiger partial charge < -0.3 is 10.3 Å². The highest BCUT2D eigenvalue weighted by Crippen LogP contribution is 2.20. The Labute approximate surface area is 82.5 Å². The Morgan fingerprint density at radius 1 is 1.36 bits per heavy atom. The molecule has 2 N–H and O–H groups in total. The summed E-state index contributed by atoms with van der Waals surface area (Å²) in [5.74, 6) is 0. The lowest BCUT2D eigenvalue weighted by atomic mass is 10.0. The summed E-state index contributed by atoms with van der Waals surface area (Å²) in [6, 6.07) is 9.88. The van der Waals surface area contributed by atoms with Crippen molar-refractivity contribution < 1.29 is 4.52 Å². The lowest BCUT2D eigenvalue weighted by Crippen LogP contribution is -2.04. The Balaban J connectivity index is 2.41. The summed E-state index contributed by atoms with van der Waals surface area (Å²) < 4.78 is 4.79. The zero-order valence-corrected chi connectivity index (χ0v) is 7.97. The van der Waals surface area contributed by atoms with Gasteiger partial charge in [-0.2, -0.15) is 0 Å². The SMILES string of the molecule is CC(N)c1cccc(-c2ccon2)c1. The van der Waals surface area contributed by atoms with Gasteiger partial charge in [-0.15, -0.1) is 0 Å². The van der Waals surface area contributed by atoms with Crippen LogP contribution in [0.1, 0.15) is 18.5 Å². The topological polar surface area (TPSA) is 52.0 Å². The second kappa shape index (κ2) is 3.64. The molecule has 0 amide bonds. The van der Waals surface area contributed by atoms with Gasteiger partial charge in [-0.05, 0) is 18.6 Å². The van der Waals surface area contributed by atoms with Gasteiger partial charge in [-0.3, -0.25) is 0 Å². The third-order valence-electron chi connectivity index (χ3n) is 2.15. The largest absolute Gasteiger partial charge is 0.364 e. The lowest BCUT2D eigenvalue weighted by molar-refractivity contribution is 0.422. The Bertz CT molecular complexity index is 407. The third kappa shape index (κ3) is 1.67. The van der Waals surface area contributed by atoms with Crippen LogP contribution in [-0.4, -0.2) is 5.16 Å². The van der Waals surface area contributed by atoms with Crippen LogP contribution in [0.15, 0.2) is 41.1 Å². The standard InChI is InChI=1S/C11H12N2O/c1-8(12)9-3-2-4-10(7-9)11-5-6-14-13-11/h2-8H,12H2,1H3. The molecule has 0 saturated carbocycles. The van der Waals surface area contributed by atoms with Crippen molar-refractivity contribution in [3.05, 3.63) is 42.2 Å². The van der Waals surface area contributed by atoms with Crippen molar-refractivity contribution in [2.75, 3.05) is 0 Å². The highest BCUT2D eigenvalue weighted by molar-refractivity contribution is 5.59. The molecule has 1 aromatic heterocycles. The third-order valence-corrected chi connectivity index (χ3v) is 2.15. The van der Waals surface area contributed by atoms with Crippen molar-refractivity contribution in [1.29, 1.82) is 0 Å². The van der Waals surface area contributed by atoms with E-state index in [4.69, 9.17) is 10.3 Å². The Morgan fingerprint density at radius 3 is 2.86 bits per heavy atom. The normalized spacial score (nSPS) is 12.7. The van der Waals surface area contributed by atoms with Crippen molar-refractivity contribution in [3.8, 4) is 11.3 Å². The smallest absolute Gasteiger partial charge is 0.124 e. The van der Waals surface area contributed by atoms with Gasteiger partial charge in [0.15, 0.2) is 0 Å². The molecule has 0 radical (unpaired) electrons. The predicted octanol–water partition coefficient (Wildman–Crippen LogP) is 2.36. The van der Waals surface area contributed by atoms with E-state index >= 15 is 0 Å². The molecule has 0 aliphatic carbocycles. The summed E-state index contributed by atoms with van der Waals surface area (Å²) in [6.45, 7) is 1.96. The minimum Gasteiger partial charge on any atom is -0.364 e. The van der Waals surface area contributed by atoms with Gasteiger partial charge in [0.2, 0.25) is 0 Å². The summed E-state index contributed by atoms with van der Waals surface area (Å²) >= 11 is 0. The van der Waals surface area contributed by atoms with Crippen LogP contribution in [-0.2, 0) is 0 Å². The molecule has 3 nitrogen and oxygen atoms in total. The number of hydrogen-bond acceptors (Lipinski definition) is 3. The van der Waals surface area contributed by atoms with Crippen LogP contribution in [0, 0.1) is 0 Å². The molecule has 0 spiro atoms. The van der Waals surface area contributed by atoms with Crippen molar-refractivity contribution in [1.82, 2.24) is 5.16 Å².